The van der Waals surface area contributed by atoms with E-state index in [-0.39, 0.29) is 11.8 Å². The Morgan fingerprint density at radius 3 is 2.23 bits per heavy atom. The second-order valence-electron chi connectivity index (χ2n) is 4.08. The second-order valence-corrected chi connectivity index (χ2v) is 4.08. The van der Waals surface area contributed by atoms with Crippen molar-refractivity contribution in [2.45, 2.75) is 52.9 Å². The summed E-state index contributed by atoms with van der Waals surface area (Å²) in [7, 11) is 0. The predicted molar refractivity (Wildman–Crippen MR) is 56.3 cm³/mol. The molecular weight excluding hydrogens is 162 g/mol. The van der Waals surface area contributed by atoms with Crippen LogP contribution in [0.3, 0.4) is 0 Å². The van der Waals surface area contributed by atoms with Crippen molar-refractivity contribution < 1.29 is 4.79 Å². The van der Waals surface area contributed by atoms with Crippen LogP contribution in [0.4, 0.5) is 0 Å². The Morgan fingerprint density at radius 1 is 1.38 bits per heavy atom. The van der Waals surface area contributed by atoms with E-state index in [2.05, 4.69) is 20.8 Å². The van der Waals surface area contributed by atoms with Gasteiger partial charge in [0.1, 0.15) is 0 Å². The van der Waals surface area contributed by atoms with E-state index >= 15 is 0 Å². The van der Waals surface area contributed by atoms with E-state index in [1.165, 1.54) is 19.3 Å². The fraction of sp³-hybridized carbons (Fsp3) is 0.909. The summed E-state index contributed by atoms with van der Waals surface area (Å²) >= 11 is 0. The number of nitrogens with two attached hydrogens (primary N) is 1. The quantitative estimate of drug-likeness (QED) is 0.670. The number of hydrogen-bond donors (Lipinski definition) is 1. The van der Waals surface area contributed by atoms with Gasteiger partial charge in [-0.3, -0.25) is 4.79 Å². The van der Waals surface area contributed by atoms with Gasteiger partial charge < -0.3 is 5.73 Å². The monoisotopic (exact) mass is 185 g/mol. The molecule has 1 aliphatic carbocycles. The summed E-state index contributed by atoms with van der Waals surface area (Å²) in [4.78, 5) is 10.7. The lowest BCUT2D eigenvalue weighted by molar-refractivity contribution is -0.123. The van der Waals surface area contributed by atoms with Crippen molar-refractivity contribution in [1.29, 1.82) is 0 Å². The van der Waals surface area contributed by atoms with Crippen molar-refractivity contribution >= 4 is 5.91 Å². The number of carbonyl (C=O) groups excluding carboxylic acids is 1. The minimum atomic E-state index is -0.105. The Bertz CT molecular complexity index is 145. The first kappa shape index (κ1) is 12.5. The highest BCUT2D eigenvalue weighted by atomic mass is 16.1. The molecule has 1 fully saturated rings. The lowest BCUT2D eigenvalue weighted by atomic mass is 9.82. The minimum Gasteiger partial charge on any atom is -0.369 e. The summed E-state index contributed by atoms with van der Waals surface area (Å²) in [5.74, 6) is 0.765. The molecule has 2 N–H and O–H groups in total. The second kappa shape index (κ2) is 6.93. The Balaban J connectivity index is 0.000000424. The molecule has 13 heavy (non-hydrogen) atoms. The highest BCUT2D eigenvalue weighted by Gasteiger charge is 2.22. The Kier molecular flexibility index (Phi) is 6.65. The molecule has 0 spiro atoms. The smallest absolute Gasteiger partial charge is 0.220 e. The normalized spacial score (nSPS) is 27.3. The third kappa shape index (κ3) is 5.67. The summed E-state index contributed by atoms with van der Waals surface area (Å²) in [5.41, 5.74) is 5.19. The van der Waals surface area contributed by atoms with Gasteiger partial charge in [0.05, 0.1) is 0 Å². The molecule has 0 radical (unpaired) electrons. The molecule has 0 bridgehead atoms. The van der Waals surface area contributed by atoms with Crippen LogP contribution < -0.4 is 5.73 Å². The van der Waals surface area contributed by atoms with E-state index in [9.17, 15) is 4.79 Å². The third-order valence-electron chi connectivity index (χ3n) is 2.34. The molecule has 0 aliphatic heterocycles. The summed E-state index contributed by atoms with van der Waals surface area (Å²) in [5, 5.41) is 0. The predicted octanol–water partition coefficient (Wildman–Crippen LogP) is 2.71. The Hall–Kier alpha value is -0.530. The molecule has 2 nitrogen and oxygen atoms in total. The van der Waals surface area contributed by atoms with Gasteiger partial charge in [-0.25, -0.2) is 0 Å². The van der Waals surface area contributed by atoms with Crippen LogP contribution in [0.5, 0.6) is 0 Å². The maximum Gasteiger partial charge on any atom is 0.220 e. The number of carbonyl (C=O) groups is 1. The fourth-order valence-corrected chi connectivity index (χ4v) is 1.69. The first-order valence-corrected chi connectivity index (χ1v) is 5.41. The molecule has 0 aromatic rings. The van der Waals surface area contributed by atoms with Gasteiger partial charge in [0.2, 0.25) is 5.91 Å². The van der Waals surface area contributed by atoms with Gasteiger partial charge in [-0.2, -0.15) is 0 Å². The van der Waals surface area contributed by atoms with Crippen LogP contribution in [-0.2, 0) is 4.79 Å². The third-order valence-corrected chi connectivity index (χ3v) is 2.34. The van der Waals surface area contributed by atoms with Crippen molar-refractivity contribution in [3.05, 3.63) is 0 Å². The zero-order valence-electron chi connectivity index (χ0n) is 9.18. The molecule has 2 heteroatoms. The average Bonchev–Trinajstić information content (AvgIpc) is 2.05. The van der Waals surface area contributed by atoms with Crippen molar-refractivity contribution in [3.8, 4) is 0 Å². The zero-order valence-corrected chi connectivity index (χ0v) is 9.18. The summed E-state index contributed by atoms with van der Waals surface area (Å²) in [6.07, 6.45) is 5.72. The molecular formula is C11H23NO. The van der Waals surface area contributed by atoms with Crippen LogP contribution in [0.1, 0.15) is 52.9 Å². The molecule has 0 heterocycles. The Morgan fingerprint density at radius 2 is 1.92 bits per heavy atom. The van der Waals surface area contributed by atoms with Crippen molar-refractivity contribution in [2.24, 2.45) is 17.6 Å². The SMILES string of the molecule is CCC.C[C@@H]1CCC[C@H](C(N)=O)C1. The largest absolute Gasteiger partial charge is 0.369 e. The number of rotatable bonds is 1. The van der Waals surface area contributed by atoms with Gasteiger partial charge in [0.15, 0.2) is 0 Å². The van der Waals surface area contributed by atoms with E-state index < -0.39 is 0 Å². The number of amides is 1. The average molecular weight is 185 g/mol. The van der Waals surface area contributed by atoms with Gasteiger partial charge in [-0.15, -0.1) is 0 Å². The van der Waals surface area contributed by atoms with Gasteiger partial charge >= 0.3 is 0 Å². The molecule has 1 amide bonds. The van der Waals surface area contributed by atoms with Crippen molar-refractivity contribution in [1.82, 2.24) is 0 Å². The van der Waals surface area contributed by atoms with Gasteiger partial charge in [-0.05, 0) is 18.8 Å². The highest BCUT2D eigenvalue weighted by molar-refractivity contribution is 5.76. The first-order chi connectivity index (χ1) is 6.11. The van der Waals surface area contributed by atoms with Crippen LogP contribution in [0.2, 0.25) is 0 Å². The summed E-state index contributed by atoms with van der Waals surface area (Å²) in [6, 6.07) is 0. The van der Waals surface area contributed by atoms with E-state index in [0.717, 1.165) is 12.8 Å². The molecule has 1 rings (SSSR count). The van der Waals surface area contributed by atoms with E-state index in [1.54, 1.807) is 0 Å². The summed E-state index contributed by atoms with van der Waals surface area (Å²) in [6.45, 7) is 6.44. The zero-order chi connectivity index (χ0) is 10.3. The molecule has 0 saturated heterocycles. The van der Waals surface area contributed by atoms with E-state index in [4.69, 9.17) is 5.73 Å². The minimum absolute atomic E-state index is 0.105. The maximum atomic E-state index is 10.7. The lowest BCUT2D eigenvalue weighted by Gasteiger charge is -2.23. The van der Waals surface area contributed by atoms with E-state index in [0.29, 0.717) is 5.92 Å². The van der Waals surface area contributed by atoms with Crippen LogP contribution >= 0.6 is 0 Å². The topological polar surface area (TPSA) is 43.1 Å². The molecule has 2 atom stereocenters. The highest BCUT2D eigenvalue weighted by Crippen LogP contribution is 2.27. The summed E-state index contributed by atoms with van der Waals surface area (Å²) < 4.78 is 0. The molecule has 0 aromatic carbocycles. The van der Waals surface area contributed by atoms with Crippen LogP contribution in [-0.4, -0.2) is 5.91 Å². The molecule has 1 aliphatic rings. The van der Waals surface area contributed by atoms with Crippen LogP contribution in [0.15, 0.2) is 0 Å². The number of primary amides is 1. The van der Waals surface area contributed by atoms with E-state index in [1.807, 2.05) is 0 Å². The van der Waals surface area contributed by atoms with Crippen molar-refractivity contribution in [3.63, 3.8) is 0 Å². The Labute approximate surface area is 81.9 Å². The fourth-order valence-electron chi connectivity index (χ4n) is 1.69. The number of hydrogen-bond acceptors (Lipinski definition) is 1. The van der Waals surface area contributed by atoms with Gasteiger partial charge in [-0.1, -0.05) is 40.0 Å². The van der Waals surface area contributed by atoms with Gasteiger partial charge in [0, 0.05) is 5.92 Å². The molecule has 1 saturated carbocycles. The molecule has 78 valence electrons. The standard InChI is InChI=1S/C8H15NO.C3H8/c1-6-3-2-4-7(5-6)8(9)10;1-3-2/h6-7H,2-5H2,1H3,(H2,9,10);3H2,1-2H3/t6-,7+;/m1./s1. The maximum absolute atomic E-state index is 10.7. The van der Waals surface area contributed by atoms with Crippen LogP contribution in [0, 0.1) is 11.8 Å². The molecule has 0 unspecified atom stereocenters. The lowest BCUT2D eigenvalue weighted by Crippen LogP contribution is -2.27. The van der Waals surface area contributed by atoms with Crippen LogP contribution in [0.25, 0.3) is 0 Å². The first-order valence-electron chi connectivity index (χ1n) is 5.41. The molecule has 0 aromatic heterocycles. The van der Waals surface area contributed by atoms with Gasteiger partial charge in [0.25, 0.3) is 0 Å². The van der Waals surface area contributed by atoms with Crippen molar-refractivity contribution in [2.75, 3.05) is 0 Å².